The number of H-pyrrole nitrogens is 1. The average Bonchev–Trinajstić information content (AvgIpc) is 2.87. The Hall–Kier alpha value is -1.61. The second kappa shape index (κ2) is 5.15. The molecule has 1 aromatic heterocycles. The number of hydrogen-bond acceptors (Lipinski definition) is 2. The Morgan fingerprint density at radius 3 is 2.53 bits per heavy atom. The van der Waals surface area contributed by atoms with Crippen LogP contribution in [0.4, 0.5) is 0 Å². The molecule has 1 atom stereocenters. The van der Waals surface area contributed by atoms with E-state index in [4.69, 9.17) is 5.11 Å². The third kappa shape index (κ3) is 2.56. The molecule has 0 aliphatic carbocycles. The van der Waals surface area contributed by atoms with Gasteiger partial charge in [0.15, 0.2) is 0 Å². The third-order valence-corrected chi connectivity index (χ3v) is 3.19. The van der Waals surface area contributed by atoms with Gasteiger partial charge < -0.3 is 5.11 Å². The van der Waals surface area contributed by atoms with Gasteiger partial charge in [-0.15, -0.1) is 0 Å². The predicted octanol–water partition coefficient (Wildman–Crippen LogP) is 3.08. The van der Waals surface area contributed by atoms with Crippen LogP contribution in [0.2, 0.25) is 0 Å². The molecule has 0 saturated heterocycles. The van der Waals surface area contributed by atoms with Crippen LogP contribution in [0.15, 0.2) is 30.3 Å². The highest BCUT2D eigenvalue weighted by atomic mass is 16.3. The average molecular weight is 230 g/mol. The number of aromatic nitrogens is 2. The quantitative estimate of drug-likeness (QED) is 0.848. The van der Waals surface area contributed by atoms with E-state index in [1.54, 1.807) is 0 Å². The van der Waals surface area contributed by atoms with Crippen molar-refractivity contribution in [3.05, 3.63) is 41.6 Å². The summed E-state index contributed by atoms with van der Waals surface area (Å²) >= 11 is 0. The number of nitrogens with zero attached hydrogens (tertiary/aromatic N) is 1. The maximum atomic E-state index is 8.98. The van der Waals surface area contributed by atoms with E-state index >= 15 is 0 Å². The molecule has 2 rings (SSSR count). The van der Waals surface area contributed by atoms with E-state index in [-0.39, 0.29) is 6.61 Å². The van der Waals surface area contributed by atoms with Crippen LogP contribution in [-0.4, -0.2) is 15.3 Å². The minimum atomic E-state index is -0.00203. The zero-order chi connectivity index (χ0) is 12.3. The molecule has 0 aliphatic rings. The lowest BCUT2D eigenvalue weighted by atomic mass is 9.97. The molecule has 0 fully saturated rings. The molecule has 17 heavy (non-hydrogen) atoms. The molecule has 1 unspecified atom stereocenters. The van der Waals surface area contributed by atoms with Gasteiger partial charge in [0.1, 0.15) is 0 Å². The predicted molar refractivity (Wildman–Crippen MR) is 68.7 cm³/mol. The molecule has 1 heterocycles. The Bertz CT molecular complexity index is 473. The summed E-state index contributed by atoms with van der Waals surface area (Å²) in [4.78, 5) is 0. The molecule has 2 N–H and O–H groups in total. The van der Waals surface area contributed by atoms with Crippen molar-refractivity contribution in [1.29, 1.82) is 0 Å². The second-order valence-corrected chi connectivity index (χ2v) is 4.37. The Morgan fingerprint density at radius 2 is 2.00 bits per heavy atom. The van der Waals surface area contributed by atoms with Gasteiger partial charge >= 0.3 is 0 Å². The van der Waals surface area contributed by atoms with Gasteiger partial charge in [-0.3, -0.25) is 5.10 Å². The molecule has 0 spiro atoms. The Morgan fingerprint density at radius 1 is 1.29 bits per heavy atom. The highest BCUT2D eigenvalue weighted by Crippen LogP contribution is 2.23. The fourth-order valence-electron chi connectivity index (χ4n) is 1.81. The Kier molecular flexibility index (Phi) is 3.59. The van der Waals surface area contributed by atoms with Gasteiger partial charge in [-0.05, 0) is 24.0 Å². The second-order valence-electron chi connectivity index (χ2n) is 4.37. The van der Waals surface area contributed by atoms with Crippen LogP contribution in [-0.2, 0) is 6.61 Å². The fourth-order valence-corrected chi connectivity index (χ4v) is 1.81. The maximum absolute atomic E-state index is 8.98. The van der Waals surface area contributed by atoms with E-state index in [0.717, 1.165) is 23.4 Å². The van der Waals surface area contributed by atoms with E-state index in [9.17, 15) is 0 Å². The standard InChI is InChI=1S/C14H18N2O/c1-3-10(2)11-4-6-12(7-5-11)14-8-13(9-17)15-16-14/h4-8,10,17H,3,9H2,1-2H3,(H,15,16). The molecule has 0 radical (unpaired) electrons. The van der Waals surface area contributed by atoms with Crippen LogP contribution in [0.1, 0.15) is 37.4 Å². The Labute approximate surface area is 102 Å². The van der Waals surface area contributed by atoms with E-state index in [0.29, 0.717) is 5.92 Å². The van der Waals surface area contributed by atoms with Gasteiger partial charge in [0, 0.05) is 5.56 Å². The highest BCUT2D eigenvalue weighted by molar-refractivity contribution is 5.59. The molecule has 0 saturated carbocycles. The van der Waals surface area contributed by atoms with Gasteiger partial charge in [-0.2, -0.15) is 5.10 Å². The SMILES string of the molecule is CCC(C)c1ccc(-c2cc(CO)[nH]n2)cc1. The zero-order valence-electron chi connectivity index (χ0n) is 10.3. The molecule has 0 bridgehead atoms. The van der Waals surface area contributed by atoms with E-state index in [1.807, 2.05) is 6.07 Å². The molecule has 3 nitrogen and oxygen atoms in total. The van der Waals surface area contributed by atoms with Gasteiger partial charge in [-0.1, -0.05) is 38.1 Å². The molecule has 0 amide bonds. The summed E-state index contributed by atoms with van der Waals surface area (Å²) in [5.41, 5.74) is 4.05. The summed E-state index contributed by atoms with van der Waals surface area (Å²) in [6.07, 6.45) is 1.15. The van der Waals surface area contributed by atoms with Crippen molar-refractivity contribution < 1.29 is 5.11 Å². The highest BCUT2D eigenvalue weighted by Gasteiger charge is 2.05. The molecular weight excluding hydrogens is 212 g/mol. The molecule has 3 heteroatoms. The molecule has 0 aliphatic heterocycles. The van der Waals surface area contributed by atoms with Crippen molar-refractivity contribution in [2.24, 2.45) is 0 Å². The number of nitrogens with one attached hydrogen (secondary N) is 1. The first-order valence-corrected chi connectivity index (χ1v) is 6.00. The number of aromatic amines is 1. The molecule has 1 aromatic carbocycles. The smallest absolute Gasteiger partial charge is 0.0924 e. The van der Waals surface area contributed by atoms with Crippen LogP contribution >= 0.6 is 0 Å². The first-order chi connectivity index (χ1) is 8.24. The number of benzene rings is 1. The normalized spacial score (nSPS) is 12.6. The summed E-state index contributed by atoms with van der Waals surface area (Å²) in [6, 6.07) is 10.3. The third-order valence-electron chi connectivity index (χ3n) is 3.19. The zero-order valence-corrected chi connectivity index (χ0v) is 10.3. The van der Waals surface area contributed by atoms with Crippen LogP contribution < -0.4 is 0 Å². The lowest BCUT2D eigenvalue weighted by molar-refractivity contribution is 0.276. The lowest BCUT2D eigenvalue weighted by Gasteiger charge is -2.08. The van der Waals surface area contributed by atoms with Crippen LogP contribution in [0, 0.1) is 0 Å². The first-order valence-electron chi connectivity index (χ1n) is 6.00. The van der Waals surface area contributed by atoms with Crippen LogP contribution in [0.25, 0.3) is 11.3 Å². The summed E-state index contributed by atoms with van der Waals surface area (Å²) in [7, 11) is 0. The fraction of sp³-hybridized carbons (Fsp3) is 0.357. The monoisotopic (exact) mass is 230 g/mol. The summed E-state index contributed by atoms with van der Waals surface area (Å²) < 4.78 is 0. The van der Waals surface area contributed by atoms with Gasteiger partial charge in [-0.25, -0.2) is 0 Å². The summed E-state index contributed by atoms with van der Waals surface area (Å²) in [6.45, 7) is 4.42. The largest absolute Gasteiger partial charge is 0.390 e. The maximum Gasteiger partial charge on any atom is 0.0924 e. The van der Waals surface area contributed by atoms with E-state index in [1.165, 1.54) is 5.56 Å². The minimum absolute atomic E-state index is 0.00203. The van der Waals surface area contributed by atoms with Crippen molar-refractivity contribution in [3.63, 3.8) is 0 Å². The number of rotatable bonds is 4. The summed E-state index contributed by atoms with van der Waals surface area (Å²) in [5, 5.41) is 15.9. The van der Waals surface area contributed by atoms with Gasteiger partial charge in [0.05, 0.1) is 18.0 Å². The number of aliphatic hydroxyl groups excluding tert-OH is 1. The Balaban J connectivity index is 2.22. The first kappa shape index (κ1) is 11.9. The molecular formula is C14H18N2O. The van der Waals surface area contributed by atoms with Crippen molar-refractivity contribution in [1.82, 2.24) is 10.2 Å². The van der Waals surface area contributed by atoms with E-state index < -0.39 is 0 Å². The minimum Gasteiger partial charge on any atom is -0.390 e. The van der Waals surface area contributed by atoms with Crippen molar-refractivity contribution in [2.75, 3.05) is 0 Å². The van der Waals surface area contributed by atoms with Gasteiger partial charge in [0.25, 0.3) is 0 Å². The van der Waals surface area contributed by atoms with E-state index in [2.05, 4.69) is 48.3 Å². The topological polar surface area (TPSA) is 48.9 Å². The van der Waals surface area contributed by atoms with Crippen LogP contribution in [0.5, 0.6) is 0 Å². The van der Waals surface area contributed by atoms with Crippen molar-refractivity contribution >= 4 is 0 Å². The lowest BCUT2D eigenvalue weighted by Crippen LogP contribution is -1.90. The van der Waals surface area contributed by atoms with Gasteiger partial charge in [0.2, 0.25) is 0 Å². The van der Waals surface area contributed by atoms with Crippen LogP contribution in [0.3, 0.4) is 0 Å². The van der Waals surface area contributed by atoms with Crippen molar-refractivity contribution in [2.45, 2.75) is 32.8 Å². The number of hydrogen-bond donors (Lipinski definition) is 2. The summed E-state index contributed by atoms with van der Waals surface area (Å²) in [5.74, 6) is 0.594. The number of aliphatic hydroxyl groups is 1. The van der Waals surface area contributed by atoms with Crippen molar-refractivity contribution in [3.8, 4) is 11.3 Å². The molecule has 90 valence electrons. The molecule has 2 aromatic rings.